The van der Waals surface area contributed by atoms with Gasteiger partial charge in [-0.15, -0.1) is 0 Å². The Morgan fingerprint density at radius 1 is 1.21 bits per heavy atom. The summed E-state index contributed by atoms with van der Waals surface area (Å²) < 4.78 is 5.91. The molecule has 0 unspecified atom stereocenters. The van der Waals surface area contributed by atoms with E-state index >= 15 is 0 Å². The number of H-pyrrole nitrogens is 1. The number of aromatic hydroxyl groups is 1. The number of hydrogen-bond acceptors (Lipinski definition) is 4. The normalized spacial score (nSPS) is 17.4. The molecule has 2 N–H and O–H groups in total. The smallest absolute Gasteiger partial charge is 0.128 e. The van der Waals surface area contributed by atoms with Crippen LogP contribution in [0.3, 0.4) is 0 Å². The monoisotopic (exact) mass is 391 g/mol. The van der Waals surface area contributed by atoms with Crippen molar-refractivity contribution in [3.63, 3.8) is 0 Å². The van der Waals surface area contributed by atoms with Crippen molar-refractivity contribution >= 4 is 0 Å². The number of rotatable bonds is 6. The fourth-order valence-electron chi connectivity index (χ4n) is 4.17. The van der Waals surface area contributed by atoms with Gasteiger partial charge in [0.05, 0.1) is 0 Å². The number of aromatic nitrogens is 2. The highest BCUT2D eigenvalue weighted by Gasteiger charge is 2.18. The standard InChI is InChI=1S/C24H29N3O2/c1-17-7-6-12-27(16-17)13-14-29-20-10-11-21(22(28)15-20)24-23(18(2)25-26-24)19-8-4-3-5-9-19/h3-5,8-11,15,17,28H,6-7,12-14,16H2,1-2H3,(H,25,26)/t17-/m0/s1. The summed E-state index contributed by atoms with van der Waals surface area (Å²) in [5.74, 6) is 1.63. The lowest BCUT2D eigenvalue weighted by Crippen LogP contribution is -2.37. The van der Waals surface area contributed by atoms with Crippen LogP contribution in [0.15, 0.2) is 48.5 Å². The highest BCUT2D eigenvalue weighted by Crippen LogP contribution is 2.38. The van der Waals surface area contributed by atoms with Crippen LogP contribution in [0, 0.1) is 12.8 Å². The highest BCUT2D eigenvalue weighted by atomic mass is 16.5. The van der Waals surface area contributed by atoms with Crippen molar-refractivity contribution in [1.29, 1.82) is 0 Å². The van der Waals surface area contributed by atoms with Gasteiger partial charge in [-0.1, -0.05) is 37.3 Å². The summed E-state index contributed by atoms with van der Waals surface area (Å²) in [6.45, 7) is 8.15. The molecule has 1 fully saturated rings. The first-order chi connectivity index (χ1) is 14.1. The Balaban J connectivity index is 1.47. The van der Waals surface area contributed by atoms with Crippen molar-refractivity contribution in [3.8, 4) is 33.9 Å². The largest absolute Gasteiger partial charge is 0.507 e. The van der Waals surface area contributed by atoms with Crippen molar-refractivity contribution in [2.75, 3.05) is 26.2 Å². The lowest BCUT2D eigenvalue weighted by molar-refractivity contribution is 0.153. The van der Waals surface area contributed by atoms with E-state index in [1.165, 1.54) is 12.8 Å². The van der Waals surface area contributed by atoms with Crippen LogP contribution in [0.25, 0.3) is 22.4 Å². The van der Waals surface area contributed by atoms with Gasteiger partial charge in [-0.3, -0.25) is 10.00 Å². The van der Waals surface area contributed by atoms with Gasteiger partial charge in [-0.25, -0.2) is 0 Å². The van der Waals surface area contributed by atoms with Crippen molar-refractivity contribution in [2.24, 2.45) is 5.92 Å². The minimum atomic E-state index is 0.178. The minimum absolute atomic E-state index is 0.178. The molecule has 0 radical (unpaired) electrons. The third-order valence-corrected chi connectivity index (χ3v) is 5.65. The number of hydrogen-bond donors (Lipinski definition) is 2. The molecule has 152 valence electrons. The molecule has 2 aromatic carbocycles. The van der Waals surface area contributed by atoms with Gasteiger partial charge in [-0.2, -0.15) is 5.10 Å². The predicted molar refractivity (Wildman–Crippen MR) is 116 cm³/mol. The zero-order valence-corrected chi connectivity index (χ0v) is 17.2. The molecule has 1 saturated heterocycles. The number of aromatic amines is 1. The molecule has 0 saturated carbocycles. The number of ether oxygens (including phenoxy) is 1. The van der Waals surface area contributed by atoms with Crippen LogP contribution < -0.4 is 4.74 Å². The molecule has 2 heterocycles. The Morgan fingerprint density at radius 2 is 2.03 bits per heavy atom. The second kappa shape index (κ2) is 8.70. The van der Waals surface area contributed by atoms with E-state index in [1.807, 2.05) is 37.3 Å². The van der Waals surface area contributed by atoms with Crippen LogP contribution in [0.4, 0.5) is 0 Å². The average Bonchev–Trinajstić information content (AvgIpc) is 3.10. The van der Waals surface area contributed by atoms with Crippen molar-refractivity contribution < 1.29 is 9.84 Å². The summed E-state index contributed by atoms with van der Waals surface area (Å²) in [5, 5.41) is 18.2. The molecule has 1 atom stereocenters. The molecule has 29 heavy (non-hydrogen) atoms. The molecule has 0 aliphatic carbocycles. The van der Waals surface area contributed by atoms with Gasteiger partial charge in [0.2, 0.25) is 0 Å². The van der Waals surface area contributed by atoms with E-state index in [0.29, 0.717) is 17.9 Å². The summed E-state index contributed by atoms with van der Waals surface area (Å²) in [7, 11) is 0. The number of piperidine rings is 1. The van der Waals surface area contributed by atoms with Crippen LogP contribution in [0.2, 0.25) is 0 Å². The van der Waals surface area contributed by atoms with Gasteiger partial charge in [0, 0.05) is 36.0 Å². The van der Waals surface area contributed by atoms with E-state index in [4.69, 9.17) is 4.74 Å². The molecule has 0 amide bonds. The topological polar surface area (TPSA) is 61.4 Å². The van der Waals surface area contributed by atoms with E-state index in [1.54, 1.807) is 6.07 Å². The van der Waals surface area contributed by atoms with Gasteiger partial charge in [-0.05, 0) is 49.9 Å². The summed E-state index contributed by atoms with van der Waals surface area (Å²) >= 11 is 0. The zero-order chi connectivity index (χ0) is 20.2. The fourth-order valence-corrected chi connectivity index (χ4v) is 4.17. The first-order valence-electron chi connectivity index (χ1n) is 10.4. The second-order valence-electron chi connectivity index (χ2n) is 8.01. The molecule has 1 aliphatic heterocycles. The third kappa shape index (κ3) is 4.46. The minimum Gasteiger partial charge on any atom is -0.507 e. The first kappa shape index (κ1) is 19.5. The third-order valence-electron chi connectivity index (χ3n) is 5.65. The number of aryl methyl sites for hydroxylation is 1. The zero-order valence-electron chi connectivity index (χ0n) is 17.2. The molecule has 4 rings (SSSR count). The summed E-state index contributed by atoms with van der Waals surface area (Å²) in [6, 6.07) is 15.6. The Hall–Kier alpha value is -2.79. The quantitative estimate of drug-likeness (QED) is 0.629. The molecule has 0 bridgehead atoms. The van der Waals surface area contributed by atoms with Crippen molar-refractivity contribution in [1.82, 2.24) is 15.1 Å². The van der Waals surface area contributed by atoms with Crippen LogP contribution in [0.5, 0.6) is 11.5 Å². The van der Waals surface area contributed by atoms with Gasteiger partial charge in [0.25, 0.3) is 0 Å². The Bertz CT molecular complexity index is 952. The number of nitrogens with zero attached hydrogens (tertiary/aromatic N) is 2. The molecule has 0 spiro atoms. The van der Waals surface area contributed by atoms with E-state index in [-0.39, 0.29) is 5.75 Å². The number of phenols is 1. The molecular formula is C24H29N3O2. The number of likely N-dealkylation sites (tertiary alicyclic amines) is 1. The van der Waals surface area contributed by atoms with E-state index in [0.717, 1.165) is 48.1 Å². The van der Waals surface area contributed by atoms with Crippen LogP contribution in [-0.2, 0) is 0 Å². The number of nitrogens with one attached hydrogen (secondary N) is 1. The van der Waals surface area contributed by atoms with Crippen LogP contribution in [0.1, 0.15) is 25.5 Å². The lowest BCUT2D eigenvalue weighted by Gasteiger charge is -2.30. The lowest BCUT2D eigenvalue weighted by atomic mass is 9.99. The molecule has 5 heteroatoms. The van der Waals surface area contributed by atoms with Gasteiger partial charge in [0.15, 0.2) is 0 Å². The molecule has 1 aromatic heterocycles. The molecule has 1 aliphatic rings. The maximum atomic E-state index is 10.7. The Kier molecular flexibility index (Phi) is 5.86. The van der Waals surface area contributed by atoms with Crippen LogP contribution >= 0.6 is 0 Å². The molecule has 3 aromatic rings. The summed E-state index contributed by atoms with van der Waals surface area (Å²) in [4.78, 5) is 2.46. The average molecular weight is 392 g/mol. The van der Waals surface area contributed by atoms with E-state index < -0.39 is 0 Å². The van der Waals surface area contributed by atoms with Crippen molar-refractivity contribution in [3.05, 3.63) is 54.2 Å². The summed E-state index contributed by atoms with van der Waals surface area (Å²) in [6.07, 6.45) is 2.59. The molecule has 5 nitrogen and oxygen atoms in total. The maximum Gasteiger partial charge on any atom is 0.128 e. The van der Waals surface area contributed by atoms with Crippen molar-refractivity contribution in [2.45, 2.75) is 26.7 Å². The maximum absolute atomic E-state index is 10.7. The summed E-state index contributed by atoms with van der Waals surface area (Å²) in [5.41, 5.74) is 4.50. The van der Waals surface area contributed by atoms with Crippen LogP contribution in [-0.4, -0.2) is 46.4 Å². The Labute approximate surface area is 172 Å². The highest BCUT2D eigenvalue weighted by molar-refractivity contribution is 5.85. The first-order valence-corrected chi connectivity index (χ1v) is 10.4. The van der Waals surface area contributed by atoms with Gasteiger partial charge < -0.3 is 9.84 Å². The second-order valence-corrected chi connectivity index (χ2v) is 8.01. The SMILES string of the molecule is Cc1[nH]nc(-c2ccc(OCCN3CCC[C@H](C)C3)cc2O)c1-c1ccccc1. The van der Waals surface area contributed by atoms with Gasteiger partial charge in [0.1, 0.15) is 23.8 Å². The van der Waals surface area contributed by atoms with E-state index in [2.05, 4.69) is 34.2 Å². The number of benzene rings is 2. The van der Waals surface area contributed by atoms with Gasteiger partial charge >= 0.3 is 0 Å². The molecular weight excluding hydrogens is 362 g/mol. The fraction of sp³-hybridized carbons (Fsp3) is 0.375. The Morgan fingerprint density at radius 3 is 2.79 bits per heavy atom. The van der Waals surface area contributed by atoms with E-state index in [9.17, 15) is 5.11 Å². The predicted octanol–water partition coefficient (Wildman–Crippen LogP) is 4.87. The number of phenolic OH excluding ortho intramolecular Hbond substituents is 1.